The fourth-order valence-electron chi connectivity index (χ4n) is 2.90. The highest BCUT2D eigenvalue weighted by molar-refractivity contribution is 6.18. The van der Waals surface area contributed by atoms with Crippen molar-refractivity contribution in [3.05, 3.63) is 53.6 Å². The molecule has 0 aromatic heterocycles. The van der Waals surface area contributed by atoms with E-state index in [9.17, 15) is 4.79 Å². The number of amides is 2. The van der Waals surface area contributed by atoms with E-state index in [2.05, 4.69) is 19.1 Å². The maximum Gasteiger partial charge on any atom is 0.324 e. The van der Waals surface area contributed by atoms with Crippen molar-refractivity contribution in [3.63, 3.8) is 0 Å². The summed E-state index contributed by atoms with van der Waals surface area (Å²) in [6.45, 7) is 2.06. The molecule has 2 amide bonds. The largest absolute Gasteiger partial charge is 0.351 e. The summed E-state index contributed by atoms with van der Waals surface area (Å²) in [5.41, 5.74) is 16.3. The van der Waals surface area contributed by atoms with Crippen LogP contribution in [0.15, 0.2) is 42.5 Å². The van der Waals surface area contributed by atoms with E-state index < -0.39 is 12.1 Å². The summed E-state index contributed by atoms with van der Waals surface area (Å²) in [4.78, 5) is 12.8. The summed E-state index contributed by atoms with van der Waals surface area (Å²) in [5.74, 6) is 0.0450. The van der Waals surface area contributed by atoms with Gasteiger partial charge in [-0.1, -0.05) is 30.3 Å². The van der Waals surface area contributed by atoms with Crippen molar-refractivity contribution in [2.75, 3.05) is 4.90 Å². The van der Waals surface area contributed by atoms with E-state index in [1.54, 1.807) is 0 Å². The van der Waals surface area contributed by atoms with Gasteiger partial charge in [0.1, 0.15) is 5.84 Å². The Balaban J connectivity index is 2.12. The lowest BCUT2D eigenvalue weighted by molar-refractivity contribution is 0.256. The molecular weight excluding hydrogens is 276 g/mol. The predicted octanol–water partition coefficient (Wildman–Crippen LogP) is 2.41. The molecule has 0 bridgehead atoms. The van der Waals surface area contributed by atoms with Crippen molar-refractivity contribution in [1.82, 2.24) is 0 Å². The minimum Gasteiger partial charge on any atom is -0.351 e. The van der Waals surface area contributed by atoms with Gasteiger partial charge in [-0.3, -0.25) is 5.41 Å². The van der Waals surface area contributed by atoms with Gasteiger partial charge in [-0.25, -0.2) is 9.69 Å². The zero-order chi connectivity index (χ0) is 15.9. The summed E-state index contributed by atoms with van der Waals surface area (Å²) in [6, 6.07) is 12.7. The summed E-state index contributed by atoms with van der Waals surface area (Å²) in [6.07, 6.45) is 0.525. The van der Waals surface area contributed by atoms with E-state index in [1.807, 2.05) is 30.3 Å². The number of hydrogen-bond donors (Lipinski definition) is 3. The van der Waals surface area contributed by atoms with Gasteiger partial charge in [-0.05, 0) is 47.7 Å². The van der Waals surface area contributed by atoms with Crippen molar-refractivity contribution in [2.45, 2.75) is 19.4 Å². The second-order valence-corrected chi connectivity index (χ2v) is 5.53. The van der Waals surface area contributed by atoms with Crippen LogP contribution >= 0.6 is 0 Å². The lowest BCUT2D eigenvalue weighted by atomic mass is 9.92. The smallest absolute Gasteiger partial charge is 0.324 e. The van der Waals surface area contributed by atoms with Crippen LogP contribution in [0.1, 0.15) is 11.1 Å². The SMILES string of the molecule is Cc1ccccc1-c1ccc2c(c1)CC(N)C(=N)N2C(N)=O. The number of primary amides is 1. The number of fused-ring (bicyclic) bond motifs is 1. The Morgan fingerprint density at radius 3 is 2.68 bits per heavy atom. The number of nitrogens with one attached hydrogen (secondary N) is 1. The Morgan fingerprint density at radius 2 is 2.00 bits per heavy atom. The molecular formula is C17H18N4O. The molecule has 0 aliphatic carbocycles. The van der Waals surface area contributed by atoms with Crippen LogP contribution in [0.25, 0.3) is 11.1 Å². The molecule has 0 spiro atoms. The summed E-state index contributed by atoms with van der Waals surface area (Å²) >= 11 is 0. The standard InChI is InChI=1S/C17H18N4O/c1-10-4-2-3-5-13(10)11-6-7-15-12(8-11)9-14(18)16(19)21(15)17(20)22/h2-8,14,19H,9,18H2,1H3,(H2,20,22). The molecule has 5 N–H and O–H groups in total. The van der Waals surface area contributed by atoms with Gasteiger partial charge in [0.2, 0.25) is 0 Å². The zero-order valence-electron chi connectivity index (χ0n) is 12.3. The first-order chi connectivity index (χ1) is 10.5. The number of benzene rings is 2. The first-order valence-corrected chi connectivity index (χ1v) is 7.11. The Kier molecular flexibility index (Phi) is 3.42. The van der Waals surface area contributed by atoms with Gasteiger partial charge < -0.3 is 11.5 Å². The van der Waals surface area contributed by atoms with Gasteiger partial charge in [0.05, 0.1) is 11.7 Å². The maximum atomic E-state index is 11.6. The first kappa shape index (κ1) is 14.3. The number of urea groups is 1. The third kappa shape index (κ3) is 2.25. The molecule has 112 valence electrons. The molecule has 0 saturated heterocycles. The van der Waals surface area contributed by atoms with E-state index in [4.69, 9.17) is 16.9 Å². The molecule has 0 saturated carbocycles. The zero-order valence-corrected chi connectivity index (χ0v) is 12.3. The number of anilines is 1. The van der Waals surface area contributed by atoms with Crippen LogP contribution in [0, 0.1) is 12.3 Å². The molecule has 5 heteroatoms. The predicted molar refractivity (Wildman–Crippen MR) is 88.1 cm³/mol. The van der Waals surface area contributed by atoms with E-state index in [-0.39, 0.29) is 5.84 Å². The number of carbonyl (C=O) groups excluding carboxylic acids is 1. The Labute approximate surface area is 129 Å². The summed E-state index contributed by atoms with van der Waals surface area (Å²) in [5, 5.41) is 7.97. The van der Waals surface area contributed by atoms with Gasteiger partial charge in [-0.2, -0.15) is 0 Å². The lowest BCUT2D eigenvalue weighted by Gasteiger charge is -2.32. The topological polar surface area (TPSA) is 96.2 Å². The summed E-state index contributed by atoms with van der Waals surface area (Å²) in [7, 11) is 0. The van der Waals surface area contributed by atoms with Crippen LogP contribution in [-0.2, 0) is 6.42 Å². The van der Waals surface area contributed by atoms with Crippen LogP contribution in [0.3, 0.4) is 0 Å². The van der Waals surface area contributed by atoms with Crippen molar-refractivity contribution in [3.8, 4) is 11.1 Å². The summed E-state index contributed by atoms with van der Waals surface area (Å²) < 4.78 is 0. The highest BCUT2D eigenvalue weighted by atomic mass is 16.2. The third-order valence-corrected chi connectivity index (χ3v) is 4.03. The highest BCUT2D eigenvalue weighted by Crippen LogP contribution is 2.32. The van der Waals surface area contributed by atoms with Gasteiger partial charge >= 0.3 is 6.03 Å². The molecule has 1 unspecified atom stereocenters. The van der Waals surface area contributed by atoms with Gasteiger partial charge in [-0.15, -0.1) is 0 Å². The molecule has 1 aliphatic rings. The van der Waals surface area contributed by atoms with Gasteiger partial charge in [0.15, 0.2) is 0 Å². The number of rotatable bonds is 1. The van der Waals surface area contributed by atoms with Crippen LogP contribution in [0.4, 0.5) is 10.5 Å². The van der Waals surface area contributed by atoms with Crippen molar-refractivity contribution in [1.29, 1.82) is 5.41 Å². The van der Waals surface area contributed by atoms with Crippen LogP contribution in [0.2, 0.25) is 0 Å². The third-order valence-electron chi connectivity index (χ3n) is 4.03. The van der Waals surface area contributed by atoms with Crippen molar-refractivity contribution < 1.29 is 4.79 Å². The van der Waals surface area contributed by atoms with Gasteiger partial charge in [0.25, 0.3) is 0 Å². The van der Waals surface area contributed by atoms with Crippen LogP contribution < -0.4 is 16.4 Å². The second-order valence-electron chi connectivity index (χ2n) is 5.53. The molecule has 5 nitrogen and oxygen atoms in total. The number of hydrogen-bond acceptors (Lipinski definition) is 3. The molecule has 2 aromatic carbocycles. The quantitative estimate of drug-likeness (QED) is 0.753. The fourth-order valence-corrected chi connectivity index (χ4v) is 2.90. The van der Waals surface area contributed by atoms with Crippen molar-refractivity contribution in [2.24, 2.45) is 11.5 Å². The van der Waals surface area contributed by atoms with E-state index >= 15 is 0 Å². The number of carbonyl (C=O) groups is 1. The van der Waals surface area contributed by atoms with E-state index in [0.29, 0.717) is 12.1 Å². The molecule has 1 aliphatic heterocycles. The number of amidine groups is 1. The minimum absolute atomic E-state index is 0.0450. The fraction of sp³-hybridized carbons (Fsp3) is 0.176. The van der Waals surface area contributed by atoms with E-state index in [1.165, 1.54) is 10.5 Å². The average Bonchev–Trinajstić information content (AvgIpc) is 2.48. The molecule has 3 rings (SSSR count). The molecule has 0 fully saturated rings. The minimum atomic E-state index is -0.676. The second kappa shape index (κ2) is 5.27. The molecule has 0 radical (unpaired) electrons. The molecule has 1 heterocycles. The van der Waals surface area contributed by atoms with E-state index in [0.717, 1.165) is 16.7 Å². The Hall–Kier alpha value is -2.66. The Morgan fingerprint density at radius 1 is 1.27 bits per heavy atom. The monoisotopic (exact) mass is 294 g/mol. The van der Waals surface area contributed by atoms with Gasteiger partial charge in [0, 0.05) is 0 Å². The number of nitrogens with two attached hydrogens (primary N) is 2. The highest BCUT2D eigenvalue weighted by Gasteiger charge is 2.30. The van der Waals surface area contributed by atoms with Crippen molar-refractivity contribution >= 4 is 17.6 Å². The van der Waals surface area contributed by atoms with Crippen LogP contribution in [0.5, 0.6) is 0 Å². The lowest BCUT2D eigenvalue weighted by Crippen LogP contribution is -2.52. The molecule has 1 atom stereocenters. The first-order valence-electron chi connectivity index (χ1n) is 7.11. The Bertz CT molecular complexity index is 769. The number of nitrogens with zero attached hydrogens (tertiary/aromatic N) is 1. The normalized spacial score (nSPS) is 17.3. The maximum absolute atomic E-state index is 11.6. The molecule has 2 aromatic rings. The average molecular weight is 294 g/mol. The number of aryl methyl sites for hydroxylation is 1. The van der Waals surface area contributed by atoms with Crippen LogP contribution in [-0.4, -0.2) is 17.9 Å². The molecule has 22 heavy (non-hydrogen) atoms.